The summed E-state index contributed by atoms with van der Waals surface area (Å²) in [6.45, 7) is 7.53. The fourth-order valence-electron chi connectivity index (χ4n) is 2.31. The Balaban J connectivity index is 1.92. The first kappa shape index (κ1) is 13.9. The second-order valence-corrected chi connectivity index (χ2v) is 5.36. The number of quaternary nitrogens is 1. The molecule has 0 radical (unpaired) electrons. The first-order valence-electron chi connectivity index (χ1n) is 6.89. The van der Waals surface area contributed by atoms with E-state index in [0.29, 0.717) is 0 Å². The lowest BCUT2D eigenvalue weighted by Gasteiger charge is -2.31. The molecule has 104 valence electrons. The highest BCUT2D eigenvalue weighted by Crippen LogP contribution is 2.15. The quantitative estimate of drug-likeness (QED) is 0.840. The fraction of sp³-hybridized carbons (Fsp3) is 0.533. The second-order valence-electron chi connectivity index (χ2n) is 5.36. The van der Waals surface area contributed by atoms with Crippen LogP contribution in [0.15, 0.2) is 24.3 Å². The highest BCUT2D eigenvalue weighted by Gasteiger charge is 2.26. The Kier molecular flexibility index (Phi) is 4.43. The SMILES string of the molecule is Cc1cccc(O[C@H](C)C(=O)N2CC[NH+](C)CC2)c1. The van der Waals surface area contributed by atoms with Crippen molar-refractivity contribution in [2.45, 2.75) is 20.0 Å². The number of rotatable bonds is 3. The maximum atomic E-state index is 12.3. The van der Waals surface area contributed by atoms with Gasteiger partial charge in [0.1, 0.15) is 5.75 Å². The summed E-state index contributed by atoms with van der Waals surface area (Å²) in [4.78, 5) is 15.7. The first-order chi connectivity index (χ1) is 9.06. The largest absolute Gasteiger partial charge is 0.481 e. The predicted octanol–water partition coefficient (Wildman–Crippen LogP) is 0.119. The molecule has 1 amide bonds. The Morgan fingerprint density at radius 1 is 1.37 bits per heavy atom. The molecule has 0 unspecified atom stereocenters. The average Bonchev–Trinajstić information content (AvgIpc) is 2.39. The van der Waals surface area contributed by atoms with Gasteiger partial charge in [0.05, 0.1) is 33.2 Å². The molecule has 1 fully saturated rings. The van der Waals surface area contributed by atoms with E-state index in [1.807, 2.05) is 43.0 Å². The van der Waals surface area contributed by atoms with Crippen LogP contribution >= 0.6 is 0 Å². The smallest absolute Gasteiger partial charge is 0.263 e. The van der Waals surface area contributed by atoms with E-state index in [0.717, 1.165) is 37.5 Å². The maximum absolute atomic E-state index is 12.3. The molecule has 4 nitrogen and oxygen atoms in total. The van der Waals surface area contributed by atoms with E-state index in [2.05, 4.69) is 7.05 Å². The minimum Gasteiger partial charge on any atom is -0.481 e. The lowest BCUT2D eigenvalue weighted by Crippen LogP contribution is -3.12. The van der Waals surface area contributed by atoms with E-state index in [1.165, 1.54) is 4.90 Å². The number of carbonyl (C=O) groups is 1. The molecule has 4 heteroatoms. The normalized spacial score (nSPS) is 18.2. The molecule has 0 spiro atoms. The standard InChI is InChI=1S/C15H22N2O2/c1-12-5-4-6-14(11-12)19-13(2)15(18)17-9-7-16(3)8-10-17/h4-6,11,13H,7-10H2,1-3H3/p+1/t13-/m1/s1. The van der Waals surface area contributed by atoms with Gasteiger partial charge >= 0.3 is 0 Å². The van der Waals surface area contributed by atoms with Gasteiger partial charge in [-0.25, -0.2) is 0 Å². The van der Waals surface area contributed by atoms with Crippen LogP contribution in [0.3, 0.4) is 0 Å². The van der Waals surface area contributed by atoms with Crippen molar-refractivity contribution in [3.63, 3.8) is 0 Å². The monoisotopic (exact) mass is 263 g/mol. The fourth-order valence-corrected chi connectivity index (χ4v) is 2.31. The molecule has 1 N–H and O–H groups in total. The lowest BCUT2D eigenvalue weighted by molar-refractivity contribution is -0.883. The van der Waals surface area contributed by atoms with Crippen molar-refractivity contribution in [3.05, 3.63) is 29.8 Å². The molecule has 0 aromatic heterocycles. The molecule has 1 atom stereocenters. The van der Waals surface area contributed by atoms with Crippen LogP contribution in [-0.4, -0.2) is 50.1 Å². The summed E-state index contributed by atoms with van der Waals surface area (Å²) >= 11 is 0. The molecule has 2 rings (SSSR count). The number of likely N-dealkylation sites (N-methyl/N-ethyl adjacent to an activating group) is 1. The van der Waals surface area contributed by atoms with E-state index in [4.69, 9.17) is 4.74 Å². The summed E-state index contributed by atoms with van der Waals surface area (Å²) in [7, 11) is 2.16. The van der Waals surface area contributed by atoms with E-state index < -0.39 is 6.10 Å². The van der Waals surface area contributed by atoms with Crippen LogP contribution in [0.5, 0.6) is 5.75 Å². The highest BCUT2D eigenvalue weighted by atomic mass is 16.5. The number of hydrogen-bond donors (Lipinski definition) is 1. The lowest BCUT2D eigenvalue weighted by atomic mass is 10.2. The van der Waals surface area contributed by atoms with Gasteiger partial charge < -0.3 is 14.5 Å². The molecular formula is C15H23N2O2+. The van der Waals surface area contributed by atoms with Crippen molar-refractivity contribution >= 4 is 5.91 Å². The summed E-state index contributed by atoms with van der Waals surface area (Å²) < 4.78 is 5.74. The van der Waals surface area contributed by atoms with Crippen LogP contribution in [0.25, 0.3) is 0 Å². The number of benzene rings is 1. The first-order valence-corrected chi connectivity index (χ1v) is 6.89. The van der Waals surface area contributed by atoms with Crippen LogP contribution in [0.4, 0.5) is 0 Å². The zero-order chi connectivity index (χ0) is 13.8. The summed E-state index contributed by atoms with van der Waals surface area (Å²) in [6, 6.07) is 7.81. The summed E-state index contributed by atoms with van der Waals surface area (Å²) in [5.74, 6) is 0.856. The maximum Gasteiger partial charge on any atom is 0.263 e. The molecule has 0 bridgehead atoms. The van der Waals surface area contributed by atoms with E-state index in [-0.39, 0.29) is 5.91 Å². The number of aryl methyl sites for hydroxylation is 1. The molecule has 1 heterocycles. The second kappa shape index (κ2) is 6.06. The summed E-state index contributed by atoms with van der Waals surface area (Å²) in [5, 5.41) is 0. The number of nitrogens with one attached hydrogen (secondary N) is 1. The van der Waals surface area contributed by atoms with E-state index in [9.17, 15) is 4.79 Å². The number of ether oxygens (including phenoxy) is 1. The zero-order valence-electron chi connectivity index (χ0n) is 12.0. The molecule has 19 heavy (non-hydrogen) atoms. The van der Waals surface area contributed by atoms with Crippen molar-refractivity contribution in [1.29, 1.82) is 0 Å². The third-order valence-electron chi connectivity index (χ3n) is 3.58. The number of carbonyl (C=O) groups excluding carboxylic acids is 1. The Labute approximate surface area is 115 Å². The molecule has 1 aliphatic heterocycles. The highest BCUT2D eigenvalue weighted by molar-refractivity contribution is 5.81. The summed E-state index contributed by atoms with van der Waals surface area (Å²) in [5.41, 5.74) is 1.14. The van der Waals surface area contributed by atoms with Crippen molar-refractivity contribution in [1.82, 2.24) is 4.90 Å². The van der Waals surface area contributed by atoms with Gasteiger partial charge in [-0.1, -0.05) is 12.1 Å². The molecule has 0 saturated carbocycles. The Morgan fingerprint density at radius 3 is 2.68 bits per heavy atom. The molecule has 1 saturated heterocycles. The van der Waals surface area contributed by atoms with E-state index >= 15 is 0 Å². The third-order valence-corrected chi connectivity index (χ3v) is 3.58. The van der Waals surface area contributed by atoms with Crippen LogP contribution in [0.2, 0.25) is 0 Å². The molecule has 1 aromatic carbocycles. The van der Waals surface area contributed by atoms with Crippen molar-refractivity contribution in [2.75, 3.05) is 33.2 Å². The van der Waals surface area contributed by atoms with Crippen molar-refractivity contribution in [3.8, 4) is 5.75 Å². The van der Waals surface area contributed by atoms with Crippen LogP contribution in [0, 0.1) is 6.92 Å². The molecular weight excluding hydrogens is 240 g/mol. The molecule has 1 aromatic rings. The van der Waals surface area contributed by atoms with Crippen LogP contribution < -0.4 is 9.64 Å². The Morgan fingerprint density at radius 2 is 2.05 bits per heavy atom. The number of hydrogen-bond acceptors (Lipinski definition) is 2. The molecule has 0 aliphatic carbocycles. The van der Waals surface area contributed by atoms with Gasteiger partial charge in [-0.05, 0) is 31.5 Å². The van der Waals surface area contributed by atoms with Gasteiger partial charge in [0.2, 0.25) is 0 Å². The third kappa shape index (κ3) is 3.70. The van der Waals surface area contributed by atoms with Crippen LogP contribution in [0.1, 0.15) is 12.5 Å². The van der Waals surface area contributed by atoms with Gasteiger partial charge in [-0.3, -0.25) is 4.79 Å². The van der Waals surface area contributed by atoms with Crippen molar-refractivity contribution in [2.24, 2.45) is 0 Å². The van der Waals surface area contributed by atoms with Crippen LogP contribution in [-0.2, 0) is 4.79 Å². The predicted molar refractivity (Wildman–Crippen MR) is 74.5 cm³/mol. The molecule has 1 aliphatic rings. The minimum absolute atomic E-state index is 0.0917. The van der Waals surface area contributed by atoms with Gasteiger partial charge in [0.25, 0.3) is 5.91 Å². The number of piperazine rings is 1. The average molecular weight is 263 g/mol. The summed E-state index contributed by atoms with van der Waals surface area (Å²) in [6.07, 6.45) is -0.416. The number of amides is 1. The van der Waals surface area contributed by atoms with Gasteiger partial charge in [-0.15, -0.1) is 0 Å². The van der Waals surface area contributed by atoms with Crippen molar-refractivity contribution < 1.29 is 14.4 Å². The Hall–Kier alpha value is -1.55. The van der Waals surface area contributed by atoms with Gasteiger partial charge in [0, 0.05) is 0 Å². The van der Waals surface area contributed by atoms with Gasteiger partial charge in [-0.2, -0.15) is 0 Å². The van der Waals surface area contributed by atoms with Gasteiger partial charge in [0.15, 0.2) is 6.10 Å². The zero-order valence-corrected chi connectivity index (χ0v) is 12.0. The topological polar surface area (TPSA) is 34.0 Å². The Bertz CT molecular complexity index is 440. The number of nitrogens with zero attached hydrogens (tertiary/aromatic N) is 1. The van der Waals surface area contributed by atoms with E-state index in [1.54, 1.807) is 0 Å². The minimum atomic E-state index is -0.416.